The largest absolute Gasteiger partial charge is 0.344 e. The van der Waals surface area contributed by atoms with Crippen LogP contribution in [0.25, 0.3) is 0 Å². The van der Waals surface area contributed by atoms with Gasteiger partial charge in [0.25, 0.3) is 5.91 Å². The van der Waals surface area contributed by atoms with Crippen LogP contribution < -0.4 is 5.73 Å². The lowest BCUT2D eigenvalue weighted by Gasteiger charge is -2.30. The van der Waals surface area contributed by atoms with Gasteiger partial charge in [0, 0.05) is 31.9 Å². The Bertz CT molecular complexity index is 372. The zero-order valence-corrected chi connectivity index (χ0v) is 9.72. The third-order valence-corrected chi connectivity index (χ3v) is 3.13. The van der Waals surface area contributed by atoms with E-state index in [1.165, 1.54) is 0 Å². The van der Waals surface area contributed by atoms with Gasteiger partial charge in [-0.05, 0) is 31.9 Å². The number of nitrogens with two attached hydrogens (primary N) is 1. The monoisotopic (exact) mass is 221 g/mol. The molecule has 1 amide bonds. The van der Waals surface area contributed by atoms with Gasteiger partial charge in [0.15, 0.2) is 0 Å². The number of amides is 1. The van der Waals surface area contributed by atoms with Gasteiger partial charge >= 0.3 is 0 Å². The lowest BCUT2D eigenvalue weighted by atomic mass is 10.1. The van der Waals surface area contributed by atoms with E-state index in [0.29, 0.717) is 6.54 Å². The Kier molecular flexibility index (Phi) is 3.29. The summed E-state index contributed by atoms with van der Waals surface area (Å²) in [5.41, 5.74) is 6.66. The molecular weight excluding hydrogens is 202 g/mol. The summed E-state index contributed by atoms with van der Waals surface area (Å²) in [6.45, 7) is 4.39. The molecule has 16 heavy (non-hydrogen) atoms. The summed E-state index contributed by atoms with van der Waals surface area (Å²) in [5, 5.41) is 0. The summed E-state index contributed by atoms with van der Waals surface area (Å²) in [6.07, 6.45) is 3.98. The molecule has 0 saturated carbocycles. The number of hydrogen-bond acceptors (Lipinski definition) is 2. The zero-order chi connectivity index (χ0) is 11.5. The molecule has 2 rings (SSSR count). The summed E-state index contributed by atoms with van der Waals surface area (Å²) in [4.78, 5) is 14.1. The van der Waals surface area contributed by atoms with E-state index in [0.717, 1.165) is 31.6 Å². The van der Waals surface area contributed by atoms with Gasteiger partial charge in [-0.2, -0.15) is 0 Å². The van der Waals surface area contributed by atoms with Crippen molar-refractivity contribution in [3.63, 3.8) is 0 Å². The second-order valence-corrected chi connectivity index (χ2v) is 4.33. The van der Waals surface area contributed by atoms with Crippen LogP contribution >= 0.6 is 0 Å². The van der Waals surface area contributed by atoms with E-state index >= 15 is 0 Å². The Labute approximate surface area is 96.0 Å². The molecule has 1 atom stereocenters. The lowest BCUT2D eigenvalue weighted by Crippen LogP contribution is -2.46. The molecule has 1 aromatic rings. The first-order valence-corrected chi connectivity index (χ1v) is 5.92. The number of nitrogens with zero attached hydrogens (tertiary/aromatic N) is 2. The molecule has 1 fully saturated rings. The van der Waals surface area contributed by atoms with Crippen molar-refractivity contribution in [2.24, 2.45) is 5.73 Å². The van der Waals surface area contributed by atoms with E-state index in [1.54, 1.807) is 0 Å². The van der Waals surface area contributed by atoms with Crippen LogP contribution in [0.15, 0.2) is 18.3 Å². The van der Waals surface area contributed by atoms with Crippen LogP contribution in [-0.4, -0.2) is 34.5 Å². The predicted molar refractivity (Wildman–Crippen MR) is 63.2 cm³/mol. The van der Waals surface area contributed by atoms with Crippen molar-refractivity contribution in [2.45, 2.75) is 32.4 Å². The maximum atomic E-state index is 12.2. The molecule has 1 saturated heterocycles. The molecular formula is C12H19N3O. The molecule has 4 nitrogen and oxygen atoms in total. The average Bonchev–Trinajstić information content (AvgIpc) is 2.76. The maximum Gasteiger partial charge on any atom is 0.270 e. The fourth-order valence-electron chi connectivity index (χ4n) is 2.24. The molecule has 0 spiro atoms. The number of rotatable bonds is 2. The number of aromatic nitrogens is 1. The molecule has 1 aliphatic heterocycles. The molecule has 2 N–H and O–H groups in total. The highest BCUT2D eigenvalue weighted by Crippen LogP contribution is 2.13. The topological polar surface area (TPSA) is 51.3 Å². The number of piperidine rings is 1. The Hall–Kier alpha value is -1.29. The van der Waals surface area contributed by atoms with Crippen LogP contribution in [-0.2, 0) is 6.54 Å². The second kappa shape index (κ2) is 4.70. The molecule has 0 aromatic carbocycles. The van der Waals surface area contributed by atoms with Gasteiger partial charge < -0.3 is 15.2 Å². The van der Waals surface area contributed by atoms with E-state index < -0.39 is 0 Å². The third-order valence-electron chi connectivity index (χ3n) is 3.13. The fraction of sp³-hybridized carbons (Fsp3) is 0.583. The van der Waals surface area contributed by atoms with Crippen molar-refractivity contribution in [3.8, 4) is 0 Å². The molecule has 0 radical (unpaired) electrons. The average molecular weight is 221 g/mol. The molecule has 4 heteroatoms. The molecule has 1 aliphatic rings. The molecule has 2 heterocycles. The SMILES string of the molecule is CCn1cccc1C(=O)N1CCC[C@@H](N)C1. The fourth-order valence-corrected chi connectivity index (χ4v) is 2.24. The van der Waals surface area contributed by atoms with Crippen molar-refractivity contribution in [2.75, 3.05) is 13.1 Å². The minimum absolute atomic E-state index is 0.113. The van der Waals surface area contributed by atoms with Crippen molar-refractivity contribution in [1.82, 2.24) is 9.47 Å². The van der Waals surface area contributed by atoms with Gasteiger partial charge in [-0.1, -0.05) is 0 Å². The standard InChI is InChI=1S/C12H19N3O/c1-2-14-7-4-6-11(14)12(16)15-8-3-5-10(13)9-15/h4,6-7,10H,2-3,5,8-9,13H2,1H3/t10-/m1/s1. The van der Waals surface area contributed by atoms with Crippen LogP contribution in [0.5, 0.6) is 0 Å². The maximum absolute atomic E-state index is 12.2. The highest BCUT2D eigenvalue weighted by atomic mass is 16.2. The van der Waals surface area contributed by atoms with Gasteiger partial charge in [0.1, 0.15) is 5.69 Å². The van der Waals surface area contributed by atoms with E-state index in [4.69, 9.17) is 5.73 Å². The third kappa shape index (κ3) is 2.11. The predicted octanol–water partition coefficient (Wildman–Crippen LogP) is 1.07. The minimum atomic E-state index is 0.113. The highest BCUT2D eigenvalue weighted by molar-refractivity contribution is 5.92. The molecule has 88 valence electrons. The Balaban J connectivity index is 2.12. The number of carbonyl (C=O) groups excluding carboxylic acids is 1. The van der Waals surface area contributed by atoms with Crippen molar-refractivity contribution < 1.29 is 4.79 Å². The van der Waals surface area contributed by atoms with E-state index in [2.05, 4.69) is 0 Å². The van der Waals surface area contributed by atoms with Crippen LogP contribution in [0.3, 0.4) is 0 Å². The van der Waals surface area contributed by atoms with Gasteiger partial charge in [-0.15, -0.1) is 0 Å². The van der Waals surface area contributed by atoms with Crippen molar-refractivity contribution in [3.05, 3.63) is 24.0 Å². The molecule has 1 aromatic heterocycles. The number of carbonyl (C=O) groups is 1. The molecule has 0 unspecified atom stereocenters. The number of aryl methyl sites for hydroxylation is 1. The van der Waals surface area contributed by atoms with Gasteiger partial charge in [-0.3, -0.25) is 4.79 Å². The van der Waals surface area contributed by atoms with Crippen LogP contribution in [0.4, 0.5) is 0 Å². The smallest absolute Gasteiger partial charge is 0.270 e. The summed E-state index contributed by atoms with van der Waals surface area (Å²) in [5.74, 6) is 0.113. The Morgan fingerprint density at radius 3 is 3.12 bits per heavy atom. The van der Waals surface area contributed by atoms with E-state index in [-0.39, 0.29) is 11.9 Å². The van der Waals surface area contributed by atoms with Crippen molar-refractivity contribution in [1.29, 1.82) is 0 Å². The number of hydrogen-bond donors (Lipinski definition) is 1. The Morgan fingerprint density at radius 1 is 1.62 bits per heavy atom. The van der Waals surface area contributed by atoms with E-state index in [9.17, 15) is 4.79 Å². The first-order chi connectivity index (χ1) is 7.72. The van der Waals surface area contributed by atoms with Crippen molar-refractivity contribution >= 4 is 5.91 Å². The first kappa shape index (κ1) is 11.2. The second-order valence-electron chi connectivity index (χ2n) is 4.33. The lowest BCUT2D eigenvalue weighted by molar-refractivity contribution is 0.0698. The summed E-state index contributed by atoms with van der Waals surface area (Å²) in [7, 11) is 0. The Morgan fingerprint density at radius 2 is 2.44 bits per heavy atom. The zero-order valence-electron chi connectivity index (χ0n) is 9.72. The van der Waals surface area contributed by atoms with Gasteiger partial charge in [0.2, 0.25) is 0 Å². The summed E-state index contributed by atoms with van der Waals surface area (Å²) >= 11 is 0. The van der Waals surface area contributed by atoms with Gasteiger partial charge in [-0.25, -0.2) is 0 Å². The minimum Gasteiger partial charge on any atom is -0.344 e. The number of likely N-dealkylation sites (tertiary alicyclic amines) is 1. The van der Waals surface area contributed by atoms with Gasteiger partial charge in [0.05, 0.1) is 0 Å². The molecule has 0 aliphatic carbocycles. The summed E-state index contributed by atoms with van der Waals surface area (Å²) in [6, 6.07) is 3.94. The normalized spacial score (nSPS) is 21.1. The van der Waals surface area contributed by atoms with Crippen LogP contribution in [0.1, 0.15) is 30.3 Å². The van der Waals surface area contributed by atoms with Crippen LogP contribution in [0.2, 0.25) is 0 Å². The van der Waals surface area contributed by atoms with E-state index in [1.807, 2.05) is 34.7 Å². The highest BCUT2D eigenvalue weighted by Gasteiger charge is 2.23. The quantitative estimate of drug-likeness (QED) is 0.812. The van der Waals surface area contributed by atoms with Crippen LogP contribution in [0, 0.1) is 0 Å². The summed E-state index contributed by atoms with van der Waals surface area (Å²) < 4.78 is 1.97. The molecule has 0 bridgehead atoms. The first-order valence-electron chi connectivity index (χ1n) is 5.92.